The summed E-state index contributed by atoms with van der Waals surface area (Å²) in [5, 5.41) is 19.6. The van der Waals surface area contributed by atoms with E-state index in [4.69, 9.17) is 0 Å². The minimum Gasteiger partial charge on any atom is -0.390 e. The lowest BCUT2D eigenvalue weighted by molar-refractivity contribution is 0.0147. The summed E-state index contributed by atoms with van der Waals surface area (Å²) in [4.78, 5) is 3.68. The molecule has 2 N–H and O–H groups in total. The zero-order valence-electron chi connectivity index (χ0n) is 7.40. The van der Waals surface area contributed by atoms with E-state index in [1.165, 1.54) is 12.1 Å². The molecule has 2 atom stereocenters. The van der Waals surface area contributed by atoms with E-state index in [9.17, 15) is 14.6 Å². The second-order valence-electron chi connectivity index (χ2n) is 2.89. The maximum Gasteiger partial charge on any atom is 0.141 e. The summed E-state index contributed by atoms with van der Waals surface area (Å²) in [6.45, 7) is 0. The highest BCUT2D eigenvalue weighted by molar-refractivity contribution is 9.09. The first-order chi connectivity index (χ1) is 6.65. The molecule has 3 nitrogen and oxygen atoms in total. The number of halogens is 2. The highest BCUT2D eigenvalue weighted by atomic mass is 79.9. The molecule has 0 fully saturated rings. The second-order valence-corrected chi connectivity index (χ2v) is 3.68. The summed E-state index contributed by atoms with van der Waals surface area (Å²) in [5.74, 6) is -0.462. The van der Waals surface area contributed by atoms with Crippen LogP contribution in [0, 0.1) is 5.82 Å². The van der Waals surface area contributed by atoms with E-state index >= 15 is 0 Å². The fourth-order valence-corrected chi connectivity index (χ4v) is 1.50. The lowest BCUT2D eigenvalue weighted by atomic mass is 10.1. The molecule has 0 aliphatic heterocycles. The minimum atomic E-state index is -1.06. The largest absolute Gasteiger partial charge is 0.390 e. The SMILES string of the molecule is OC(CCBr)C(O)c1ccc(F)cn1. The van der Waals surface area contributed by atoms with E-state index in [0.29, 0.717) is 11.8 Å². The molecule has 1 heterocycles. The predicted octanol–water partition coefficient (Wildman–Crippen LogP) is 1.40. The standard InChI is InChI=1S/C9H11BrFNO2/c10-4-3-8(13)9(14)7-2-1-6(11)5-12-7/h1-2,5,8-9,13-14H,3-4H2. The van der Waals surface area contributed by atoms with E-state index < -0.39 is 18.0 Å². The first-order valence-corrected chi connectivity index (χ1v) is 5.31. The molecule has 0 aliphatic rings. The fraction of sp³-hybridized carbons (Fsp3) is 0.444. The van der Waals surface area contributed by atoms with Crippen LogP contribution in [0.2, 0.25) is 0 Å². The number of nitrogens with zero attached hydrogens (tertiary/aromatic N) is 1. The van der Waals surface area contributed by atoms with Gasteiger partial charge >= 0.3 is 0 Å². The monoisotopic (exact) mass is 263 g/mol. The van der Waals surface area contributed by atoms with Crippen molar-refractivity contribution < 1.29 is 14.6 Å². The number of pyridine rings is 1. The number of aliphatic hydroxyl groups excluding tert-OH is 2. The third-order valence-corrected chi connectivity index (χ3v) is 2.28. The fourth-order valence-electron chi connectivity index (χ4n) is 1.03. The maximum atomic E-state index is 12.5. The molecule has 0 radical (unpaired) electrons. The molecule has 14 heavy (non-hydrogen) atoms. The van der Waals surface area contributed by atoms with Crippen molar-refractivity contribution >= 4 is 15.9 Å². The Morgan fingerprint density at radius 1 is 1.43 bits per heavy atom. The topological polar surface area (TPSA) is 53.4 Å². The first-order valence-electron chi connectivity index (χ1n) is 4.18. The smallest absolute Gasteiger partial charge is 0.141 e. The molecule has 0 aliphatic carbocycles. The van der Waals surface area contributed by atoms with Crippen LogP contribution in [0.15, 0.2) is 18.3 Å². The molecule has 0 amide bonds. The Labute approximate surface area is 89.7 Å². The van der Waals surface area contributed by atoms with Crippen LogP contribution in [0.5, 0.6) is 0 Å². The summed E-state index contributed by atoms with van der Waals surface area (Å²) in [6, 6.07) is 2.56. The van der Waals surface area contributed by atoms with Crippen LogP contribution in [-0.4, -0.2) is 26.6 Å². The summed E-state index contributed by atoms with van der Waals surface area (Å²) in [7, 11) is 0. The van der Waals surface area contributed by atoms with E-state index in [1.807, 2.05) is 0 Å². The maximum absolute atomic E-state index is 12.5. The molecule has 0 aromatic carbocycles. The van der Waals surface area contributed by atoms with E-state index in [2.05, 4.69) is 20.9 Å². The van der Waals surface area contributed by atoms with Crippen molar-refractivity contribution in [1.82, 2.24) is 4.98 Å². The highest BCUT2D eigenvalue weighted by Gasteiger charge is 2.18. The first kappa shape index (κ1) is 11.6. The predicted molar refractivity (Wildman–Crippen MR) is 53.6 cm³/mol. The normalized spacial score (nSPS) is 15.1. The highest BCUT2D eigenvalue weighted by Crippen LogP contribution is 2.17. The van der Waals surface area contributed by atoms with Crippen LogP contribution in [0.1, 0.15) is 18.2 Å². The van der Waals surface area contributed by atoms with Gasteiger partial charge < -0.3 is 10.2 Å². The Morgan fingerprint density at radius 3 is 2.64 bits per heavy atom. The Balaban J connectivity index is 2.68. The van der Waals surface area contributed by atoms with Crippen molar-refractivity contribution in [1.29, 1.82) is 0 Å². The molecule has 1 aromatic rings. The molecular weight excluding hydrogens is 253 g/mol. The van der Waals surface area contributed by atoms with Crippen molar-refractivity contribution in [3.63, 3.8) is 0 Å². The lowest BCUT2D eigenvalue weighted by Gasteiger charge is -2.15. The second kappa shape index (κ2) is 5.38. The zero-order chi connectivity index (χ0) is 10.6. The number of hydrogen-bond acceptors (Lipinski definition) is 3. The van der Waals surface area contributed by atoms with E-state index in [1.54, 1.807) is 0 Å². The van der Waals surface area contributed by atoms with Crippen LogP contribution in [0.4, 0.5) is 4.39 Å². The van der Waals surface area contributed by atoms with Gasteiger partial charge in [-0.2, -0.15) is 0 Å². The van der Waals surface area contributed by atoms with E-state index in [-0.39, 0.29) is 5.69 Å². The van der Waals surface area contributed by atoms with Gasteiger partial charge in [0.1, 0.15) is 11.9 Å². The van der Waals surface area contributed by atoms with E-state index in [0.717, 1.165) is 6.20 Å². The minimum absolute atomic E-state index is 0.278. The Hall–Kier alpha value is -0.520. The van der Waals surface area contributed by atoms with Gasteiger partial charge in [0, 0.05) is 5.33 Å². The van der Waals surface area contributed by atoms with Crippen molar-refractivity contribution in [2.75, 3.05) is 5.33 Å². The quantitative estimate of drug-likeness (QED) is 0.808. The van der Waals surface area contributed by atoms with Crippen LogP contribution >= 0.6 is 15.9 Å². The lowest BCUT2D eigenvalue weighted by Crippen LogP contribution is -2.19. The summed E-state index contributed by atoms with van der Waals surface area (Å²) >= 11 is 3.15. The van der Waals surface area contributed by atoms with Crippen LogP contribution < -0.4 is 0 Å². The molecule has 1 rings (SSSR count). The molecule has 1 aromatic heterocycles. The average molecular weight is 264 g/mol. The third-order valence-electron chi connectivity index (χ3n) is 1.82. The van der Waals surface area contributed by atoms with Crippen molar-refractivity contribution in [2.45, 2.75) is 18.6 Å². The third kappa shape index (κ3) is 3.01. The number of aromatic nitrogens is 1. The molecule has 2 unspecified atom stereocenters. The van der Waals surface area contributed by atoms with Gasteiger partial charge in [-0.3, -0.25) is 4.98 Å². The number of hydrogen-bond donors (Lipinski definition) is 2. The Kier molecular flexibility index (Phi) is 4.44. The molecule has 78 valence electrons. The molecule has 0 saturated heterocycles. The van der Waals surface area contributed by atoms with Gasteiger partial charge in [-0.05, 0) is 18.6 Å². The zero-order valence-corrected chi connectivity index (χ0v) is 8.98. The molecule has 0 saturated carbocycles. The van der Waals surface area contributed by atoms with Gasteiger partial charge in [0.05, 0.1) is 18.0 Å². The summed E-state index contributed by atoms with van der Waals surface area (Å²) < 4.78 is 12.5. The van der Waals surface area contributed by atoms with Crippen molar-refractivity contribution in [2.24, 2.45) is 0 Å². The number of aliphatic hydroxyl groups is 2. The van der Waals surface area contributed by atoms with Crippen LogP contribution in [0.25, 0.3) is 0 Å². The molecule has 0 bridgehead atoms. The van der Waals surface area contributed by atoms with Gasteiger partial charge in [-0.25, -0.2) is 4.39 Å². The molecular formula is C9H11BrFNO2. The van der Waals surface area contributed by atoms with Crippen LogP contribution in [-0.2, 0) is 0 Å². The van der Waals surface area contributed by atoms with Gasteiger partial charge in [0.25, 0.3) is 0 Å². The number of rotatable bonds is 4. The van der Waals surface area contributed by atoms with Crippen LogP contribution in [0.3, 0.4) is 0 Å². The van der Waals surface area contributed by atoms with Gasteiger partial charge in [-0.1, -0.05) is 15.9 Å². The van der Waals surface area contributed by atoms with Crippen molar-refractivity contribution in [3.8, 4) is 0 Å². The van der Waals surface area contributed by atoms with Crippen molar-refractivity contribution in [3.05, 3.63) is 29.8 Å². The Bertz CT molecular complexity index is 281. The summed E-state index contributed by atoms with van der Waals surface area (Å²) in [6.07, 6.45) is -0.514. The molecule has 0 spiro atoms. The number of alkyl halides is 1. The van der Waals surface area contributed by atoms with Gasteiger partial charge in [0.2, 0.25) is 0 Å². The average Bonchev–Trinajstić information content (AvgIpc) is 2.18. The molecule has 5 heteroatoms. The Morgan fingerprint density at radius 2 is 2.14 bits per heavy atom. The van der Waals surface area contributed by atoms with Gasteiger partial charge in [-0.15, -0.1) is 0 Å². The van der Waals surface area contributed by atoms with Gasteiger partial charge in [0.15, 0.2) is 0 Å². The summed E-state index contributed by atoms with van der Waals surface area (Å²) in [5.41, 5.74) is 0.278.